The highest BCUT2D eigenvalue weighted by Gasteiger charge is 2.22. The van der Waals surface area contributed by atoms with Gasteiger partial charge in [0.15, 0.2) is 0 Å². The number of amides is 1. The molecule has 0 aliphatic heterocycles. The monoisotopic (exact) mass is 846 g/mol. The molecule has 2 aromatic rings. The second-order valence-electron chi connectivity index (χ2n) is 15.5. The van der Waals surface area contributed by atoms with Crippen LogP contribution in [0.2, 0.25) is 0 Å². The molecule has 0 fully saturated rings. The van der Waals surface area contributed by atoms with E-state index in [9.17, 15) is 35.2 Å². The Balaban J connectivity index is 0.000000916. The van der Waals surface area contributed by atoms with Crippen molar-refractivity contribution in [3.8, 4) is 0 Å². The lowest BCUT2D eigenvalue weighted by Crippen LogP contribution is -2.35. The Bertz CT molecular complexity index is 1700. The van der Waals surface area contributed by atoms with E-state index in [2.05, 4.69) is 28.4 Å². The third-order valence-electron chi connectivity index (χ3n) is 9.57. The summed E-state index contributed by atoms with van der Waals surface area (Å²) in [6.45, 7) is 28.8. The number of benzene rings is 2. The van der Waals surface area contributed by atoms with Crippen molar-refractivity contribution in [3.05, 3.63) is 69.3 Å². The molecule has 0 saturated carbocycles. The number of aliphatic carboxylic acids is 1. The molecule has 0 saturated heterocycles. The number of rotatable bonds is 21. The Morgan fingerprint density at radius 2 is 0.947 bits per heavy atom. The highest BCUT2D eigenvalue weighted by molar-refractivity contribution is 7.90. The van der Waals surface area contributed by atoms with Crippen molar-refractivity contribution >= 4 is 31.9 Å². The number of sulfonamides is 2. The van der Waals surface area contributed by atoms with E-state index < -0.39 is 31.9 Å². The molecule has 0 aliphatic rings. The number of carboxylic acid groups (broad SMARTS) is 1. The van der Waals surface area contributed by atoms with Gasteiger partial charge in [-0.2, -0.15) is 0 Å². The first-order valence-corrected chi connectivity index (χ1v) is 23.5. The molecule has 328 valence electrons. The summed E-state index contributed by atoms with van der Waals surface area (Å²) in [5.41, 5.74) is 4.59. The van der Waals surface area contributed by atoms with Gasteiger partial charge in [0.2, 0.25) is 26.0 Å². The number of primary sulfonamides is 1. The average Bonchev–Trinajstić information content (AvgIpc) is 3.09. The first kappa shape index (κ1) is 54.0. The van der Waals surface area contributed by atoms with Gasteiger partial charge in [-0.25, -0.2) is 30.8 Å². The van der Waals surface area contributed by atoms with Gasteiger partial charge in [0.25, 0.3) is 0 Å². The topological polar surface area (TPSA) is 167 Å². The van der Waals surface area contributed by atoms with Crippen LogP contribution in [-0.2, 0) is 42.5 Å². The van der Waals surface area contributed by atoms with E-state index in [1.54, 1.807) is 0 Å². The standard InChI is InChI=1S/C21H35FN2O3S.C14H19FO2.C7H18N2O2S/c1-7-24(8-2)10-9-11-28(26,27)23-21(25)14-20-18(15(3)4)12-17(22)13-19(20)16(5)6;1-8(2)11-5-10(15)6-12(9(3)4)13(11)7-14(16)17;1-3-9(4-2)6-5-7-12(8,10)11/h12-13,15-16H,7-11,14H2,1-6H3,(H,23,25);5-6,8-9H,7H2,1-4H3,(H,16,17);3-7H2,1-2H3,(H2,8,10,11). The summed E-state index contributed by atoms with van der Waals surface area (Å²) < 4.78 is 75.3. The van der Waals surface area contributed by atoms with E-state index in [1.807, 2.05) is 69.2 Å². The first-order chi connectivity index (χ1) is 26.3. The Morgan fingerprint density at radius 3 is 1.23 bits per heavy atom. The van der Waals surface area contributed by atoms with Crippen LogP contribution in [0.4, 0.5) is 8.78 Å². The fourth-order valence-electron chi connectivity index (χ4n) is 6.45. The molecule has 57 heavy (non-hydrogen) atoms. The molecular weight excluding hydrogens is 775 g/mol. The van der Waals surface area contributed by atoms with Gasteiger partial charge in [0.1, 0.15) is 11.6 Å². The molecule has 11 nitrogen and oxygen atoms in total. The van der Waals surface area contributed by atoms with Crippen LogP contribution in [0.3, 0.4) is 0 Å². The van der Waals surface area contributed by atoms with Gasteiger partial charge < -0.3 is 14.9 Å². The summed E-state index contributed by atoms with van der Waals surface area (Å²) in [5, 5.41) is 13.8. The van der Waals surface area contributed by atoms with E-state index in [4.69, 9.17) is 10.2 Å². The van der Waals surface area contributed by atoms with Crippen LogP contribution in [0.1, 0.15) is 153 Å². The minimum Gasteiger partial charge on any atom is -0.481 e. The van der Waals surface area contributed by atoms with E-state index in [-0.39, 0.29) is 59.7 Å². The Kier molecular flexibility index (Phi) is 24.8. The smallest absolute Gasteiger partial charge is 0.307 e. The van der Waals surface area contributed by atoms with Crippen molar-refractivity contribution < 1.29 is 40.3 Å². The second-order valence-corrected chi connectivity index (χ2v) is 19.0. The molecule has 0 bridgehead atoms. The summed E-state index contributed by atoms with van der Waals surface area (Å²) in [4.78, 5) is 27.7. The molecule has 0 spiro atoms. The third kappa shape index (κ3) is 21.6. The number of nitrogens with one attached hydrogen (secondary N) is 1. The fraction of sp³-hybridized carbons (Fsp3) is 0.667. The molecule has 15 heteroatoms. The number of hydrogen-bond acceptors (Lipinski definition) is 8. The number of nitrogens with two attached hydrogens (primary N) is 1. The van der Waals surface area contributed by atoms with Crippen molar-refractivity contribution in [1.82, 2.24) is 14.5 Å². The number of carbonyl (C=O) groups is 2. The highest BCUT2D eigenvalue weighted by atomic mass is 32.2. The molecule has 4 N–H and O–H groups in total. The van der Waals surface area contributed by atoms with Gasteiger partial charge in [-0.3, -0.25) is 14.3 Å². The lowest BCUT2D eigenvalue weighted by molar-refractivity contribution is -0.136. The van der Waals surface area contributed by atoms with Crippen LogP contribution in [0, 0.1) is 11.6 Å². The van der Waals surface area contributed by atoms with E-state index in [1.165, 1.54) is 24.3 Å². The van der Waals surface area contributed by atoms with Crippen molar-refractivity contribution in [2.45, 2.75) is 132 Å². The molecule has 2 rings (SSSR count). The van der Waals surface area contributed by atoms with Crippen LogP contribution < -0.4 is 9.86 Å². The van der Waals surface area contributed by atoms with Crippen molar-refractivity contribution in [1.29, 1.82) is 0 Å². The number of carbonyl (C=O) groups excluding carboxylic acids is 1. The van der Waals surface area contributed by atoms with Crippen LogP contribution in [0.15, 0.2) is 24.3 Å². The van der Waals surface area contributed by atoms with Gasteiger partial charge >= 0.3 is 5.97 Å². The van der Waals surface area contributed by atoms with Crippen molar-refractivity contribution in [3.63, 3.8) is 0 Å². The van der Waals surface area contributed by atoms with E-state index in [0.29, 0.717) is 19.4 Å². The lowest BCUT2D eigenvalue weighted by Gasteiger charge is -2.20. The zero-order chi connectivity index (χ0) is 44.3. The fourth-order valence-corrected chi connectivity index (χ4v) is 8.01. The Hall–Kier alpha value is -2.98. The van der Waals surface area contributed by atoms with Gasteiger partial charge in [-0.05, 0) is 133 Å². The maximum atomic E-state index is 14.0. The van der Waals surface area contributed by atoms with Gasteiger partial charge in [-0.15, -0.1) is 0 Å². The lowest BCUT2D eigenvalue weighted by atomic mass is 9.87. The minimum absolute atomic E-state index is 0.0293. The molecule has 0 unspecified atom stereocenters. The zero-order valence-electron chi connectivity index (χ0n) is 36.5. The molecule has 0 atom stereocenters. The summed E-state index contributed by atoms with van der Waals surface area (Å²) in [7, 11) is -6.95. The van der Waals surface area contributed by atoms with Crippen LogP contribution in [0.25, 0.3) is 0 Å². The largest absolute Gasteiger partial charge is 0.481 e. The highest BCUT2D eigenvalue weighted by Crippen LogP contribution is 2.31. The summed E-state index contributed by atoms with van der Waals surface area (Å²) in [6, 6.07) is 5.79. The first-order valence-electron chi connectivity index (χ1n) is 20.2. The SMILES string of the molecule is CC(C)c1cc(F)cc(C(C)C)c1CC(=O)O.CCN(CC)CCCS(=O)(=O)NC(=O)Cc1c(C(C)C)cc(F)cc1C(C)C.CCN(CC)CCCS(N)(=O)=O. The van der Waals surface area contributed by atoms with Crippen LogP contribution in [0.5, 0.6) is 0 Å². The number of nitrogens with zero attached hydrogens (tertiary/aromatic N) is 2. The molecule has 0 aliphatic carbocycles. The molecule has 2 aromatic carbocycles. The number of hydrogen-bond donors (Lipinski definition) is 3. The predicted molar refractivity (Wildman–Crippen MR) is 229 cm³/mol. The summed E-state index contributed by atoms with van der Waals surface area (Å²) in [5.74, 6) is -1.76. The summed E-state index contributed by atoms with van der Waals surface area (Å²) in [6.07, 6.45) is 0.980. The van der Waals surface area contributed by atoms with Crippen LogP contribution in [-0.4, -0.2) is 94.4 Å². The zero-order valence-corrected chi connectivity index (χ0v) is 38.2. The predicted octanol–water partition coefficient (Wildman–Crippen LogP) is 7.50. The molecule has 0 radical (unpaired) electrons. The normalized spacial score (nSPS) is 11.9. The van der Waals surface area contributed by atoms with Gasteiger partial charge in [0.05, 0.1) is 24.3 Å². The quantitative estimate of drug-likeness (QED) is 0.115. The van der Waals surface area contributed by atoms with Crippen LogP contribution >= 0.6 is 0 Å². The van der Waals surface area contributed by atoms with Crippen molar-refractivity contribution in [2.75, 3.05) is 50.8 Å². The van der Waals surface area contributed by atoms with Crippen molar-refractivity contribution in [2.24, 2.45) is 5.14 Å². The maximum absolute atomic E-state index is 14.0. The summed E-state index contributed by atoms with van der Waals surface area (Å²) >= 11 is 0. The maximum Gasteiger partial charge on any atom is 0.307 e. The molecule has 0 aromatic heterocycles. The average molecular weight is 847 g/mol. The Labute approximate surface area is 343 Å². The molecular formula is C42H72F2N4O7S2. The Morgan fingerprint density at radius 1 is 0.632 bits per heavy atom. The van der Waals surface area contributed by atoms with Gasteiger partial charge in [0, 0.05) is 0 Å². The minimum atomic E-state index is -3.69. The third-order valence-corrected chi connectivity index (χ3v) is 11.8. The number of carboxylic acids is 1. The van der Waals surface area contributed by atoms with E-state index in [0.717, 1.165) is 66.1 Å². The molecule has 1 amide bonds. The second kappa shape index (κ2) is 26.2. The van der Waals surface area contributed by atoms with Gasteiger partial charge in [-0.1, -0.05) is 83.1 Å². The number of halogens is 2. The van der Waals surface area contributed by atoms with E-state index >= 15 is 0 Å². The molecule has 0 heterocycles.